The van der Waals surface area contributed by atoms with E-state index in [9.17, 15) is 10.2 Å². The Balaban J connectivity index is 2.58. The Morgan fingerprint density at radius 1 is 1.36 bits per heavy atom. The van der Waals surface area contributed by atoms with Crippen molar-refractivity contribution in [1.82, 2.24) is 0 Å². The number of hydrogen-bond donors (Lipinski definition) is 2. The Bertz CT molecular complexity index is 297. The first kappa shape index (κ1) is 11.4. The van der Waals surface area contributed by atoms with Gasteiger partial charge in [0.1, 0.15) is 5.75 Å². The summed E-state index contributed by atoms with van der Waals surface area (Å²) >= 11 is 1.48. The minimum absolute atomic E-state index is 0.282. The lowest BCUT2D eigenvalue weighted by molar-refractivity contribution is 0.0816. The van der Waals surface area contributed by atoms with Gasteiger partial charge in [0.05, 0.1) is 5.60 Å². The summed E-state index contributed by atoms with van der Waals surface area (Å²) in [6.07, 6.45) is 0.716. The van der Waals surface area contributed by atoms with Gasteiger partial charge in [0, 0.05) is 10.6 Å². The van der Waals surface area contributed by atoms with Crippen LogP contribution in [0.15, 0.2) is 29.2 Å². The second kappa shape index (κ2) is 4.71. The third-order valence-electron chi connectivity index (χ3n) is 2.17. The Kier molecular flexibility index (Phi) is 3.84. The molecular weight excluding hydrogens is 196 g/mol. The fraction of sp³-hybridized carbons (Fsp3) is 0.455. The number of hydrogen-bond acceptors (Lipinski definition) is 3. The Morgan fingerprint density at radius 2 is 2.00 bits per heavy atom. The summed E-state index contributed by atoms with van der Waals surface area (Å²) in [4.78, 5) is 0.821. The molecule has 0 radical (unpaired) electrons. The Hall–Kier alpha value is -0.670. The SMILES string of the molecule is CCC(C)(O)CSc1ccccc1O. The zero-order valence-corrected chi connectivity index (χ0v) is 9.34. The van der Waals surface area contributed by atoms with E-state index in [0.717, 1.165) is 4.90 Å². The van der Waals surface area contributed by atoms with Crippen LogP contribution in [0.2, 0.25) is 0 Å². The molecule has 1 atom stereocenters. The average Bonchev–Trinajstić information content (AvgIpc) is 2.17. The van der Waals surface area contributed by atoms with E-state index >= 15 is 0 Å². The molecule has 1 aromatic carbocycles. The maximum absolute atomic E-state index is 9.77. The standard InChI is InChI=1S/C11H16O2S/c1-3-11(2,13)8-14-10-7-5-4-6-9(10)12/h4-7,12-13H,3,8H2,1-2H3. The quantitative estimate of drug-likeness (QED) is 0.754. The summed E-state index contributed by atoms with van der Waals surface area (Å²) in [6.45, 7) is 3.76. The zero-order valence-electron chi connectivity index (χ0n) is 8.53. The van der Waals surface area contributed by atoms with E-state index in [2.05, 4.69) is 0 Å². The number of phenolic OH excluding ortho intramolecular Hbond substituents is 1. The minimum Gasteiger partial charge on any atom is -0.507 e. The number of thioether (sulfide) groups is 1. The average molecular weight is 212 g/mol. The molecule has 0 saturated heterocycles. The van der Waals surface area contributed by atoms with Gasteiger partial charge < -0.3 is 10.2 Å². The van der Waals surface area contributed by atoms with E-state index in [1.54, 1.807) is 19.1 Å². The summed E-state index contributed by atoms with van der Waals surface area (Å²) < 4.78 is 0. The summed E-state index contributed by atoms with van der Waals surface area (Å²) in [6, 6.07) is 7.18. The highest BCUT2D eigenvalue weighted by atomic mass is 32.2. The van der Waals surface area contributed by atoms with Crippen molar-refractivity contribution in [2.75, 3.05) is 5.75 Å². The van der Waals surface area contributed by atoms with Gasteiger partial charge >= 0.3 is 0 Å². The number of phenols is 1. The predicted octanol–water partition coefficient (Wildman–Crippen LogP) is 2.65. The molecule has 0 bridgehead atoms. The molecule has 0 aliphatic heterocycles. The molecule has 0 aromatic heterocycles. The molecule has 2 N–H and O–H groups in total. The van der Waals surface area contributed by atoms with Gasteiger partial charge in [0.2, 0.25) is 0 Å². The molecule has 78 valence electrons. The van der Waals surface area contributed by atoms with Crippen molar-refractivity contribution in [3.05, 3.63) is 24.3 Å². The molecule has 0 spiro atoms. The van der Waals surface area contributed by atoms with Crippen LogP contribution in [-0.4, -0.2) is 21.6 Å². The van der Waals surface area contributed by atoms with E-state index in [0.29, 0.717) is 12.2 Å². The first-order valence-corrected chi connectivity index (χ1v) is 5.67. The van der Waals surface area contributed by atoms with Crippen LogP contribution in [0.4, 0.5) is 0 Å². The lowest BCUT2D eigenvalue weighted by Gasteiger charge is -2.20. The van der Waals surface area contributed by atoms with Gasteiger partial charge in [-0.1, -0.05) is 19.1 Å². The van der Waals surface area contributed by atoms with Gasteiger partial charge in [-0.15, -0.1) is 11.8 Å². The Morgan fingerprint density at radius 3 is 2.57 bits per heavy atom. The molecule has 3 heteroatoms. The molecule has 0 fully saturated rings. The lowest BCUT2D eigenvalue weighted by atomic mass is 10.1. The smallest absolute Gasteiger partial charge is 0.129 e. The molecule has 0 aliphatic rings. The van der Waals surface area contributed by atoms with Gasteiger partial charge in [-0.25, -0.2) is 0 Å². The number of rotatable bonds is 4. The predicted molar refractivity (Wildman–Crippen MR) is 59.7 cm³/mol. The van der Waals surface area contributed by atoms with Gasteiger partial charge in [-0.3, -0.25) is 0 Å². The van der Waals surface area contributed by atoms with E-state index in [1.165, 1.54) is 11.8 Å². The highest BCUT2D eigenvalue weighted by molar-refractivity contribution is 7.99. The molecule has 14 heavy (non-hydrogen) atoms. The maximum atomic E-state index is 9.77. The van der Waals surface area contributed by atoms with Crippen molar-refractivity contribution in [3.63, 3.8) is 0 Å². The fourth-order valence-corrected chi connectivity index (χ4v) is 1.98. The zero-order chi connectivity index (χ0) is 10.6. The van der Waals surface area contributed by atoms with Crippen molar-refractivity contribution in [2.45, 2.75) is 30.8 Å². The van der Waals surface area contributed by atoms with Gasteiger partial charge in [-0.05, 0) is 25.5 Å². The largest absolute Gasteiger partial charge is 0.507 e. The van der Waals surface area contributed by atoms with E-state index in [-0.39, 0.29) is 5.75 Å². The van der Waals surface area contributed by atoms with Crippen molar-refractivity contribution >= 4 is 11.8 Å². The van der Waals surface area contributed by atoms with E-state index in [1.807, 2.05) is 19.1 Å². The first-order valence-electron chi connectivity index (χ1n) is 4.68. The number of para-hydroxylation sites is 1. The summed E-state index contributed by atoms with van der Waals surface area (Å²) in [5, 5.41) is 19.3. The molecular formula is C11H16O2S. The maximum Gasteiger partial charge on any atom is 0.129 e. The van der Waals surface area contributed by atoms with Crippen LogP contribution in [0.5, 0.6) is 5.75 Å². The van der Waals surface area contributed by atoms with Gasteiger partial charge in [0.25, 0.3) is 0 Å². The van der Waals surface area contributed by atoms with Crippen LogP contribution in [0.25, 0.3) is 0 Å². The summed E-state index contributed by atoms with van der Waals surface area (Å²) in [5.74, 6) is 0.880. The number of benzene rings is 1. The van der Waals surface area contributed by atoms with Crippen LogP contribution >= 0.6 is 11.8 Å². The molecule has 2 nitrogen and oxygen atoms in total. The van der Waals surface area contributed by atoms with Crippen LogP contribution in [0.1, 0.15) is 20.3 Å². The van der Waals surface area contributed by atoms with E-state index < -0.39 is 5.60 Å². The van der Waals surface area contributed by atoms with Crippen LogP contribution in [-0.2, 0) is 0 Å². The normalized spacial score (nSPS) is 15.1. The second-order valence-electron chi connectivity index (χ2n) is 3.61. The minimum atomic E-state index is -0.660. The highest BCUT2D eigenvalue weighted by Crippen LogP contribution is 2.30. The number of aromatic hydroxyl groups is 1. The molecule has 1 unspecified atom stereocenters. The van der Waals surface area contributed by atoms with Crippen molar-refractivity contribution in [1.29, 1.82) is 0 Å². The fourth-order valence-electron chi connectivity index (χ4n) is 0.915. The molecule has 0 amide bonds. The molecule has 0 saturated carbocycles. The molecule has 1 aromatic rings. The van der Waals surface area contributed by atoms with Crippen molar-refractivity contribution in [3.8, 4) is 5.75 Å². The van der Waals surface area contributed by atoms with E-state index in [4.69, 9.17) is 0 Å². The van der Waals surface area contributed by atoms with Gasteiger partial charge in [-0.2, -0.15) is 0 Å². The topological polar surface area (TPSA) is 40.5 Å². The first-order chi connectivity index (χ1) is 6.55. The van der Waals surface area contributed by atoms with Crippen molar-refractivity contribution in [2.24, 2.45) is 0 Å². The second-order valence-corrected chi connectivity index (χ2v) is 4.62. The summed E-state index contributed by atoms with van der Waals surface area (Å²) in [7, 11) is 0. The number of aliphatic hydroxyl groups is 1. The third-order valence-corrected chi connectivity index (χ3v) is 3.59. The monoisotopic (exact) mass is 212 g/mol. The molecule has 0 heterocycles. The van der Waals surface area contributed by atoms with Crippen molar-refractivity contribution < 1.29 is 10.2 Å². The molecule has 0 aliphatic carbocycles. The lowest BCUT2D eigenvalue weighted by Crippen LogP contribution is -2.25. The van der Waals surface area contributed by atoms with Crippen LogP contribution < -0.4 is 0 Å². The summed E-state index contributed by atoms with van der Waals surface area (Å²) in [5.41, 5.74) is -0.660. The van der Waals surface area contributed by atoms with Gasteiger partial charge in [0.15, 0.2) is 0 Å². The van der Waals surface area contributed by atoms with Crippen LogP contribution in [0.3, 0.4) is 0 Å². The third kappa shape index (κ3) is 3.24. The molecule has 1 rings (SSSR count). The Labute approximate surface area is 89.0 Å². The highest BCUT2D eigenvalue weighted by Gasteiger charge is 2.18. The van der Waals surface area contributed by atoms with Crippen LogP contribution in [0, 0.1) is 0 Å².